The highest BCUT2D eigenvalue weighted by molar-refractivity contribution is 9.10. The monoisotopic (exact) mass is 268 g/mol. The molecule has 0 aliphatic heterocycles. The van der Waals surface area contributed by atoms with Gasteiger partial charge in [-0.05, 0) is 24.6 Å². The fourth-order valence-electron chi connectivity index (χ4n) is 1.19. The van der Waals surface area contributed by atoms with E-state index in [1.807, 2.05) is 25.1 Å². The van der Waals surface area contributed by atoms with Gasteiger partial charge in [-0.15, -0.1) is 0 Å². The van der Waals surface area contributed by atoms with Crippen molar-refractivity contribution in [1.82, 2.24) is 10.1 Å². The lowest BCUT2D eigenvalue weighted by Crippen LogP contribution is -2.06. The lowest BCUT2D eigenvalue weighted by molar-refractivity contribution is 0.432. The Hall–Kier alpha value is -1.40. The summed E-state index contributed by atoms with van der Waals surface area (Å²) in [7, 11) is 0. The van der Waals surface area contributed by atoms with Gasteiger partial charge in [-0.3, -0.25) is 5.43 Å². The van der Waals surface area contributed by atoms with Gasteiger partial charge in [0, 0.05) is 10.0 Å². The molecule has 0 atom stereocenters. The Morgan fingerprint density at radius 3 is 2.87 bits per heavy atom. The van der Waals surface area contributed by atoms with E-state index in [1.165, 1.54) is 0 Å². The molecular weight excluding hydrogens is 260 g/mol. The maximum atomic E-state index is 5.15. The minimum absolute atomic E-state index is 0.192. The number of aromatic nitrogens is 2. The van der Waals surface area contributed by atoms with E-state index in [4.69, 9.17) is 10.4 Å². The van der Waals surface area contributed by atoms with Crippen LogP contribution < -0.4 is 11.3 Å². The summed E-state index contributed by atoms with van der Waals surface area (Å²) in [4.78, 5) is 4.05. The molecule has 0 bridgehead atoms. The minimum Gasteiger partial charge on any atom is -0.314 e. The van der Waals surface area contributed by atoms with Crippen LogP contribution in [0.2, 0.25) is 0 Å². The first-order valence-corrected chi connectivity index (χ1v) is 5.07. The summed E-state index contributed by atoms with van der Waals surface area (Å²) in [5.74, 6) is 5.64. The van der Waals surface area contributed by atoms with Gasteiger partial charge in [0.05, 0.1) is 0 Å². The van der Waals surface area contributed by atoms with E-state index in [0.29, 0.717) is 5.82 Å². The van der Waals surface area contributed by atoms with Crippen molar-refractivity contribution in [2.75, 3.05) is 5.43 Å². The largest absolute Gasteiger partial charge is 0.335 e. The van der Waals surface area contributed by atoms with Gasteiger partial charge in [-0.1, -0.05) is 27.2 Å². The second-order valence-corrected chi connectivity index (χ2v) is 3.91. The van der Waals surface area contributed by atoms with Gasteiger partial charge in [0.2, 0.25) is 5.82 Å². The van der Waals surface area contributed by atoms with Crippen LogP contribution in [0.5, 0.6) is 0 Å². The van der Waals surface area contributed by atoms with Crippen molar-refractivity contribution in [3.8, 4) is 11.4 Å². The molecule has 0 saturated heterocycles. The average molecular weight is 269 g/mol. The standard InChI is InChI=1S/C9H9BrN4O/c1-5-2-3-6(7(10)4-5)8-12-9(13-11)15-14-8/h2-4H,11H2,1H3,(H,12,13,14). The predicted molar refractivity (Wildman–Crippen MR) is 60.0 cm³/mol. The molecule has 0 spiro atoms. The number of hydrogen-bond donors (Lipinski definition) is 2. The summed E-state index contributed by atoms with van der Waals surface area (Å²) in [6, 6.07) is 6.08. The number of nitrogens with one attached hydrogen (secondary N) is 1. The SMILES string of the molecule is Cc1ccc(-c2noc(NN)n2)c(Br)c1. The molecule has 3 N–H and O–H groups in total. The number of nitrogens with zero attached hydrogens (tertiary/aromatic N) is 2. The maximum Gasteiger partial charge on any atom is 0.335 e. The summed E-state index contributed by atoms with van der Waals surface area (Å²) in [6.07, 6.45) is 0. The molecule has 0 unspecified atom stereocenters. The van der Waals surface area contributed by atoms with Crippen LogP contribution in [0.3, 0.4) is 0 Å². The van der Waals surface area contributed by atoms with Gasteiger partial charge in [0.15, 0.2) is 0 Å². The van der Waals surface area contributed by atoms with Crippen LogP contribution in [0.15, 0.2) is 27.2 Å². The van der Waals surface area contributed by atoms with Crippen molar-refractivity contribution in [2.24, 2.45) is 5.84 Å². The van der Waals surface area contributed by atoms with E-state index in [2.05, 4.69) is 31.5 Å². The molecule has 15 heavy (non-hydrogen) atoms. The Morgan fingerprint density at radius 2 is 2.27 bits per heavy atom. The molecule has 0 radical (unpaired) electrons. The number of hydrogen-bond acceptors (Lipinski definition) is 5. The molecule has 2 aromatic rings. The van der Waals surface area contributed by atoms with E-state index in [1.54, 1.807) is 0 Å². The highest BCUT2D eigenvalue weighted by atomic mass is 79.9. The Bertz CT molecular complexity index is 483. The fourth-order valence-corrected chi connectivity index (χ4v) is 1.86. The van der Waals surface area contributed by atoms with Gasteiger partial charge in [-0.25, -0.2) is 5.84 Å². The van der Waals surface area contributed by atoms with Gasteiger partial charge in [-0.2, -0.15) is 4.98 Å². The zero-order valence-corrected chi connectivity index (χ0v) is 9.58. The van der Waals surface area contributed by atoms with Gasteiger partial charge >= 0.3 is 6.01 Å². The van der Waals surface area contributed by atoms with Crippen molar-refractivity contribution < 1.29 is 4.52 Å². The number of halogens is 1. The number of anilines is 1. The van der Waals surface area contributed by atoms with E-state index in [-0.39, 0.29) is 6.01 Å². The Kier molecular flexibility index (Phi) is 2.70. The molecule has 0 aliphatic carbocycles. The maximum absolute atomic E-state index is 5.15. The summed E-state index contributed by atoms with van der Waals surface area (Å²) < 4.78 is 5.76. The zero-order chi connectivity index (χ0) is 10.8. The number of aryl methyl sites for hydroxylation is 1. The second-order valence-electron chi connectivity index (χ2n) is 3.05. The zero-order valence-electron chi connectivity index (χ0n) is 7.99. The molecule has 1 aromatic heterocycles. The fraction of sp³-hybridized carbons (Fsp3) is 0.111. The smallest absolute Gasteiger partial charge is 0.314 e. The summed E-state index contributed by atoms with van der Waals surface area (Å²) in [6.45, 7) is 2.01. The number of nitrogen functional groups attached to an aromatic ring is 1. The Labute approximate surface area is 94.8 Å². The minimum atomic E-state index is 0.192. The lowest BCUT2D eigenvalue weighted by Gasteiger charge is -1.99. The van der Waals surface area contributed by atoms with Crippen molar-refractivity contribution in [3.63, 3.8) is 0 Å². The van der Waals surface area contributed by atoms with Crippen LogP contribution in [0.4, 0.5) is 6.01 Å². The van der Waals surface area contributed by atoms with Crippen LogP contribution in [0.25, 0.3) is 11.4 Å². The lowest BCUT2D eigenvalue weighted by atomic mass is 10.1. The molecule has 6 heteroatoms. The van der Waals surface area contributed by atoms with E-state index < -0.39 is 0 Å². The third-order valence-corrected chi connectivity index (χ3v) is 2.57. The van der Waals surface area contributed by atoms with Crippen LogP contribution >= 0.6 is 15.9 Å². The van der Waals surface area contributed by atoms with Crippen molar-refractivity contribution in [2.45, 2.75) is 6.92 Å². The topological polar surface area (TPSA) is 77.0 Å². The number of hydrazine groups is 1. The van der Waals surface area contributed by atoms with Crippen molar-refractivity contribution in [3.05, 3.63) is 28.2 Å². The Morgan fingerprint density at radius 1 is 1.47 bits per heavy atom. The normalized spacial score (nSPS) is 10.3. The molecule has 5 nitrogen and oxygen atoms in total. The molecule has 1 heterocycles. The molecule has 78 valence electrons. The first-order valence-electron chi connectivity index (χ1n) is 4.27. The molecule has 1 aromatic carbocycles. The van der Waals surface area contributed by atoms with E-state index in [0.717, 1.165) is 15.6 Å². The summed E-state index contributed by atoms with van der Waals surface area (Å²) in [5, 5.41) is 3.79. The van der Waals surface area contributed by atoms with Gasteiger partial charge in [0.25, 0.3) is 0 Å². The first kappa shape index (κ1) is 10.1. The van der Waals surface area contributed by atoms with Crippen molar-refractivity contribution in [1.29, 1.82) is 0 Å². The van der Waals surface area contributed by atoms with Crippen LogP contribution in [0, 0.1) is 6.92 Å². The third-order valence-electron chi connectivity index (χ3n) is 1.91. The molecule has 0 aliphatic rings. The summed E-state index contributed by atoms with van der Waals surface area (Å²) in [5.41, 5.74) is 4.32. The summed E-state index contributed by atoms with van der Waals surface area (Å²) >= 11 is 3.44. The van der Waals surface area contributed by atoms with Crippen molar-refractivity contribution >= 4 is 21.9 Å². The quantitative estimate of drug-likeness (QED) is 0.644. The molecule has 0 amide bonds. The molecular formula is C9H9BrN4O. The second kappa shape index (κ2) is 4.00. The highest BCUT2D eigenvalue weighted by Gasteiger charge is 2.10. The Balaban J connectivity index is 2.44. The first-order chi connectivity index (χ1) is 7.20. The van der Waals surface area contributed by atoms with Gasteiger partial charge < -0.3 is 4.52 Å². The number of nitrogens with two attached hydrogens (primary N) is 1. The molecule has 0 fully saturated rings. The van der Waals surface area contributed by atoms with Gasteiger partial charge in [0.1, 0.15) is 0 Å². The molecule has 2 rings (SSSR count). The van der Waals surface area contributed by atoms with Crippen LogP contribution in [-0.4, -0.2) is 10.1 Å². The molecule has 0 saturated carbocycles. The predicted octanol–water partition coefficient (Wildman–Crippen LogP) is 2.09. The van der Waals surface area contributed by atoms with Crippen LogP contribution in [-0.2, 0) is 0 Å². The van der Waals surface area contributed by atoms with E-state index in [9.17, 15) is 0 Å². The average Bonchev–Trinajstić information content (AvgIpc) is 2.66. The highest BCUT2D eigenvalue weighted by Crippen LogP contribution is 2.27. The number of rotatable bonds is 2. The number of benzene rings is 1. The van der Waals surface area contributed by atoms with Crippen LogP contribution in [0.1, 0.15) is 5.56 Å². The third kappa shape index (κ3) is 2.00. The van der Waals surface area contributed by atoms with E-state index >= 15 is 0 Å².